The minimum absolute atomic E-state index is 0.0636. The Morgan fingerprint density at radius 2 is 1.70 bits per heavy atom. The number of aryl methyl sites for hydroxylation is 1. The van der Waals surface area contributed by atoms with Crippen molar-refractivity contribution >= 4 is 17.7 Å². The minimum Gasteiger partial charge on any atom is -0.465 e. The third-order valence-corrected chi connectivity index (χ3v) is 4.18. The summed E-state index contributed by atoms with van der Waals surface area (Å²) >= 11 is 0. The van der Waals surface area contributed by atoms with E-state index in [0.29, 0.717) is 12.1 Å². The van der Waals surface area contributed by atoms with Gasteiger partial charge < -0.3 is 14.0 Å². The van der Waals surface area contributed by atoms with Crippen molar-refractivity contribution in [3.63, 3.8) is 0 Å². The van der Waals surface area contributed by atoms with Crippen LogP contribution in [-0.4, -0.2) is 40.5 Å². The molecule has 7 heteroatoms. The number of Topliss-reactive ketones (excluding diaryl/α,β-unsaturated/α-hetero) is 1. The van der Waals surface area contributed by atoms with E-state index in [1.807, 2.05) is 29.9 Å². The number of rotatable bonds is 9. The van der Waals surface area contributed by atoms with Gasteiger partial charge in [-0.1, -0.05) is 6.07 Å². The first kappa shape index (κ1) is 20.4. The molecular formula is C20H24N2O5. The van der Waals surface area contributed by atoms with E-state index < -0.39 is 29.6 Å². The van der Waals surface area contributed by atoms with E-state index in [-0.39, 0.29) is 13.2 Å². The number of nitrogens with zero attached hydrogens (tertiary/aromatic N) is 2. The summed E-state index contributed by atoms with van der Waals surface area (Å²) in [4.78, 5) is 42.2. The van der Waals surface area contributed by atoms with E-state index in [9.17, 15) is 14.4 Å². The van der Waals surface area contributed by atoms with Crippen molar-refractivity contribution in [1.29, 1.82) is 0 Å². The summed E-state index contributed by atoms with van der Waals surface area (Å²) in [5.74, 6) is -4.77. The van der Waals surface area contributed by atoms with Crippen LogP contribution < -0.4 is 0 Å². The standard InChI is InChI=1S/C20H24N2O5/c1-4-26-19(24)17(20(25)27-5-2)18(23)15(16-10-6-7-11-21-16)13-14-9-8-12-22(14)3/h6-12,15,17H,4-5,13H2,1-3H3. The van der Waals surface area contributed by atoms with Crippen LogP contribution in [0.1, 0.15) is 31.2 Å². The van der Waals surface area contributed by atoms with Crippen molar-refractivity contribution in [1.82, 2.24) is 9.55 Å². The molecule has 2 rings (SSSR count). The second-order valence-corrected chi connectivity index (χ2v) is 5.96. The number of pyridine rings is 1. The molecule has 1 unspecified atom stereocenters. The zero-order chi connectivity index (χ0) is 19.8. The van der Waals surface area contributed by atoms with Crippen LogP contribution in [0.3, 0.4) is 0 Å². The first-order chi connectivity index (χ1) is 13.0. The molecule has 0 N–H and O–H groups in total. The second-order valence-electron chi connectivity index (χ2n) is 5.96. The Hall–Kier alpha value is -2.96. The van der Waals surface area contributed by atoms with Crippen molar-refractivity contribution < 1.29 is 23.9 Å². The number of esters is 2. The molecule has 2 heterocycles. The number of hydrogen-bond acceptors (Lipinski definition) is 6. The smallest absolute Gasteiger partial charge is 0.328 e. The molecule has 1 atom stereocenters. The highest BCUT2D eigenvalue weighted by Crippen LogP contribution is 2.25. The van der Waals surface area contributed by atoms with Crippen molar-refractivity contribution in [2.45, 2.75) is 26.2 Å². The van der Waals surface area contributed by atoms with Crippen molar-refractivity contribution in [2.75, 3.05) is 13.2 Å². The summed E-state index contributed by atoms with van der Waals surface area (Å²) in [7, 11) is 1.86. The van der Waals surface area contributed by atoms with Crippen molar-refractivity contribution in [3.05, 3.63) is 54.1 Å². The lowest BCUT2D eigenvalue weighted by Crippen LogP contribution is -2.38. The third-order valence-electron chi connectivity index (χ3n) is 4.18. The van der Waals surface area contributed by atoms with Gasteiger partial charge in [-0.05, 0) is 38.1 Å². The molecule has 0 saturated heterocycles. The summed E-state index contributed by atoms with van der Waals surface area (Å²) in [6, 6.07) is 8.95. The molecule has 2 aromatic heterocycles. The summed E-state index contributed by atoms with van der Waals surface area (Å²) in [6.07, 6.45) is 3.74. The zero-order valence-electron chi connectivity index (χ0n) is 15.8. The number of carbonyl (C=O) groups excluding carboxylic acids is 3. The maximum absolute atomic E-state index is 13.3. The monoisotopic (exact) mass is 372 g/mol. The minimum atomic E-state index is -1.63. The largest absolute Gasteiger partial charge is 0.465 e. The average Bonchev–Trinajstić information content (AvgIpc) is 3.05. The molecule has 0 radical (unpaired) electrons. The topological polar surface area (TPSA) is 87.5 Å². The van der Waals surface area contributed by atoms with E-state index in [1.165, 1.54) is 0 Å². The van der Waals surface area contributed by atoms with Gasteiger partial charge in [0.15, 0.2) is 5.78 Å². The molecule has 0 aromatic carbocycles. The number of ketones is 1. The van der Waals surface area contributed by atoms with Crippen LogP contribution in [0.25, 0.3) is 0 Å². The highest BCUT2D eigenvalue weighted by atomic mass is 16.6. The van der Waals surface area contributed by atoms with Crippen LogP contribution in [0.15, 0.2) is 42.7 Å². The number of ether oxygens (including phenoxy) is 2. The fraction of sp³-hybridized carbons (Fsp3) is 0.400. The third kappa shape index (κ3) is 5.03. The van der Waals surface area contributed by atoms with E-state index in [2.05, 4.69) is 4.98 Å². The summed E-state index contributed by atoms with van der Waals surface area (Å²) in [6.45, 7) is 3.36. The Labute approximate surface area is 158 Å². The normalized spacial score (nSPS) is 11.9. The predicted molar refractivity (Wildman–Crippen MR) is 97.9 cm³/mol. The number of aromatic nitrogens is 2. The Kier molecular flexibility index (Phi) is 7.28. The number of carbonyl (C=O) groups is 3. The average molecular weight is 372 g/mol. The summed E-state index contributed by atoms with van der Waals surface area (Å²) < 4.78 is 11.8. The highest BCUT2D eigenvalue weighted by molar-refractivity contribution is 6.16. The second kappa shape index (κ2) is 9.66. The van der Waals surface area contributed by atoms with Gasteiger partial charge in [0.1, 0.15) is 0 Å². The van der Waals surface area contributed by atoms with Crippen LogP contribution in [0, 0.1) is 5.92 Å². The fourth-order valence-electron chi connectivity index (χ4n) is 2.83. The Morgan fingerprint density at radius 1 is 1.04 bits per heavy atom. The van der Waals surface area contributed by atoms with E-state index >= 15 is 0 Å². The first-order valence-corrected chi connectivity index (χ1v) is 8.87. The fourth-order valence-corrected chi connectivity index (χ4v) is 2.83. The molecule has 0 aliphatic rings. The molecule has 0 fully saturated rings. The molecule has 0 spiro atoms. The first-order valence-electron chi connectivity index (χ1n) is 8.87. The van der Waals surface area contributed by atoms with Crippen molar-refractivity contribution in [2.24, 2.45) is 13.0 Å². The number of hydrogen-bond donors (Lipinski definition) is 0. The van der Waals surface area contributed by atoms with Gasteiger partial charge in [0.2, 0.25) is 5.92 Å². The highest BCUT2D eigenvalue weighted by Gasteiger charge is 2.41. The van der Waals surface area contributed by atoms with Gasteiger partial charge in [-0.25, -0.2) is 0 Å². The molecule has 2 aromatic rings. The Balaban J connectivity index is 2.41. The molecule has 144 valence electrons. The summed E-state index contributed by atoms with van der Waals surface area (Å²) in [5.41, 5.74) is 1.37. The molecule has 27 heavy (non-hydrogen) atoms. The maximum Gasteiger partial charge on any atom is 0.328 e. The van der Waals surface area contributed by atoms with E-state index in [0.717, 1.165) is 5.69 Å². The van der Waals surface area contributed by atoms with Gasteiger partial charge in [0.25, 0.3) is 0 Å². The molecule has 0 aliphatic carbocycles. The quantitative estimate of drug-likeness (QED) is 0.495. The molecule has 0 aliphatic heterocycles. The molecule has 0 saturated carbocycles. The van der Waals surface area contributed by atoms with Gasteiger partial charge >= 0.3 is 11.9 Å². The lowest BCUT2D eigenvalue weighted by molar-refractivity contribution is -0.164. The van der Waals surface area contributed by atoms with Crippen LogP contribution >= 0.6 is 0 Å². The van der Waals surface area contributed by atoms with Gasteiger partial charge in [0.05, 0.1) is 24.8 Å². The van der Waals surface area contributed by atoms with E-state index in [1.54, 1.807) is 38.2 Å². The van der Waals surface area contributed by atoms with E-state index in [4.69, 9.17) is 9.47 Å². The van der Waals surface area contributed by atoms with Crippen LogP contribution in [-0.2, 0) is 37.3 Å². The Morgan fingerprint density at radius 3 is 2.19 bits per heavy atom. The zero-order valence-corrected chi connectivity index (χ0v) is 15.8. The maximum atomic E-state index is 13.3. The van der Waals surface area contributed by atoms with Gasteiger partial charge in [-0.3, -0.25) is 19.4 Å². The lowest BCUT2D eigenvalue weighted by atomic mass is 9.86. The lowest BCUT2D eigenvalue weighted by Gasteiger charge is -2.20. The van der Waals surface area contributed by atoms with Crippen LogP contribution in [0.5, 0.6) is 0 Å². The molecular weight excluding hydrogens is 348 g/mol. The molecule has 7 nitrogen and oxygen atoms in total. The van der Waals surface area contributed by atoms with Crippen LogP contribution in [0.4, 0.5) is 0 Å². The Bertz CT molecular complexity index is 767. The van der Waals surface area contributed by atoms with Gasteiger partial charge in [-0.15, -0.1) is 0 Å². The van der Waals surface area contributed by atoms with Gasteiger partial charge in [0, 0.05) is 31.6 Å². The van der Waals surface area contributed by atoms with Gasteiger partial charge in [-0.2, -0.15) is 0 Å². The van der Waals surface area contributed by atoms with Crippen molar-refractivity contribution in [3.8, 4) is 0 Å². The summed E-state index contributed by atoms with van der Waals surface area (Å²) in [5, 5.41) is 0. The van der Waals surface area contributed by atoms with Crippen LogP contribution in [0.2, 0.25) is 0 Å². The molecule has 0 amide bonds. The molecule has 0 bridgehead atoms. The SMILES string of the molecule is CCOC(=O)C(C(=O)OCC)C(=O)C(Cc1cccn1C)c1ccccn1. The predicted octanol–water partition coefficient (Wildman–Crippen LogP) is 2.06.